The van der Waals surface area contributed by atoms with E-state index >= 15 is 0 Å². The molecule has 0 fully saturated rings. The molecule has 0 saturated carbocycles. The summed E-state index contributed by atoms with van der Waals surface area (Å²) in [7, 11) is 0. The number of aryl methyl sites for hydroxylation is 1. The molecule has 21 heavy (non-hydrogen) atoms. The van der Waals surface area contributed by atoms with Gasteiger partial charge in [0.15, 0.2) is 0 Å². The summed E-state index contributed by atoms with van der Waals surface area (Å²) in [5, 5.41) is 0. The largest absolute Gasteiger partial charge is 0.287 e. The minimum Gasteiger partial charge on any atom is -0.287 e. The van der Waals surface area contributed by atoms with Gasteiger partial charge in [-0.3, -0.25) is 10.2 Å². The van der Waals surface area contributed by atoms with Gasteiger partial charge >= 0.3 is 0 Å². The van der Waals surface area contributed by atoms with E-state index in [-0.39, 0.29) is 17.4 Å². The Hall–Kier alpha value is -1.35. The zero-order valence-corrected chi connectivity index (χ0v) is 14.1. The Morgan fingerprint density at radius 1 is 1.14 bits per heavy atom. The summed E-state index contributed by atoms with van der Waals surface area (Å²) in [5.41, 5.74) is 8.15. The number of nitrogens with one attached hydrogen (secondary N) is 2. The topological polar surface area (TPSA) is 41.1 Å². The van der Waals surface area contributed by atoms with E-state index in [9.17, 15) is 4.79 Å². The van der Waals surface area contributed by atoms with Gasteiger partial charge in [-0.05, 0) is 36.0 Å². The average molecular weight is 290 g/mol. The molecule has 0 spiro atoms. The number of carbonyl (C=O) groups excluding carboxylic acids is 1. The van der Waals surface area contributed by atoms with Crippen LogP contribution >= 0.6 is 0 Å². The second-order valence-electron chi connectivity index (χ2n) is 6.71. The van der Waals surface area contributed by atoms with Crippen LogP contribution in [0.15, 0.2) is 24.3 Å². The van der Waals surface area contributed by atoms with Crippen molar-refractivity contribution in [1.82, 2.24) is 10.9 Å². The molecule has 0 heterocycles. The van der Waals surface area contributed by atoms with E-state index in [1.165, 1.54) is 12.0 Å². The van der Waals surface area contributed by atoms with E-state index in [2.05, 4.69) is 45.5 Å². The zero-order chi connectivity index (χ0) is 15.9. The first-order valence-corrected chi connectivity index (χ1v) is 8.03. The van der Waals surface area contributed by atoms with Gasteiger partial charge in [0.2, 0.25) is 0 Å². The maximum Gasteiger partial charge on any atom is 0.265 e. The molecule has 1 atom stereocenters. The van der Waals surface area contributed by atoms with E-state index in [0.29, 0.717) is 5.56 Å². The zero-order valence-electron chi connectivity index (χ0n) is 14.1. The van der Waals surface area contributed by atoms with Crippen molar-refractivity contribution in [3.8, 4) is 0 Å². The lowest BCUT2D eigenvalue weighted by Gasteiger charge is -2.31. The Morgan fingerprint density at radius 2 is 1.76 bits per heavy atom. The normalized spacial score (nSPS) is 13.0. The summed E-state index contributed by atoms with van der Waals surface area (Å²) in [6, 6.07) is 8.05. The molecule has 0 aliphatic heterocycles. The maximum absolute atomic E-state index is 12.2. The molecule has 1 aromatic rings. The van der Waals surface area contributed by atoms with E-state index in [1.54, 1.807) is 0 Å². The van der Waals surface area contributed by atoms with Gasteiger partial charge in [0, 0.05) is 11.6 Å². The predicted octanol–water partition coefficient (Wildman–Crippen LogP) is 4.09. The fourth-order valence-electron chi connectivity index (χ4n) is 2.25. The molecule has 1 aromatic carbocycles. The highest BCUT2D eigenvalue weighted by Crippen LogP contribution is 2.23. The number of rotatable bonds is 7. The fourth-order valence-corrected chi connectivity index (χ4v) is 2.25. The third-order valence-electron chi connectivity index (χ3n) is 3.88. The lowest BCUT2D eigenvalue weighted by Crippen LogP contribution is -2.50. The lowest BCUT2D eigenvalue weighted by atomic mass is 9.84. The average Bonchev–Trinajstić information content (AvgIpc) is 2.45. The minimum atomic E-state index is -0.0663. The summed E-state index contributed by atoms with van der Waals surface area (Å²) in [6.07, 6.45) is 4.38. The number of amides is 1. The third kappa shape index (κ3) is 5.88. The van der Waals surface area contributed by atoms with Gasteiger partial charge in [0.25, 0.3) is 5.91 Å². The van der Waals surface area contributed by atoms with Crippen LogP contribution in [0.5, 0.6) is 0 Å². The quantitative estimate of drug-likeness (QED) is 0.743. The van der Waals surface area contributed by atoms with Crippen molar-refractivity contribution in [2.45, 2.75) is 66.3 Å². The molecule has 0 aliphatic rings. The van der Waals surface area contributed by atoms with Crippen LogP contribution in [0.2, 0.25) is 0 Å². The summed E-state index contributed by atoms with van der Waals surface area (Å²) in [4.78, 5) is 12.2. The van der Waals surface area contributed by atoms with Crippen LogP contribution in [0.4, 0.5) is 0 Å². The molecule has 0 radical (unpaired) electrons. The molecular weight excluding hydrogens is 260 g/mol. The Bertz CT molecular complexity index is 432. The number of hydrogen-bond acceptors (Lipinski definition) is 2. The molecule has 1 unspecified atom stereocenters. The number of benzene rings is 1. The van der Waals surface area contributed by atoms with Crippen LogP contribution < -0.4 is 10.9 Å². The molecule has 118 valence electrons. The second kappa shape index (κ2) is 8.18. The predicted molar refractivity (Wildman–Crippen MR) is 89.2 cm³/mol. The van der Waals surface area contributed by atoms with Crippen molar-refractivity contribution in [1.29, 1.82) is 0 Å². The van der Waals surface area contributed by atoms with Crippen molar-refractivity contribution in [3.63, 3.8) is 0 Å². The van der Waals surface area contributed by atoms with Crippen molar-refractivity contribution in [2.24, 2.45) is 5.41 Å². The molecule has 3 heteroatoms. The summed E-state index contributed by atoms with van der Waals surface area (Å²) >= 11 is 0. The van der Waals surface area contributed by atoms with Crippen molar-refractivity contribution >= 4 is 5.91 Å². The summed E-state index contributed by atoms with van der Waals surface area (Å²) in [6.45, 7) is 10.9. The lowest BCUT2D eigenvalue weighted by molar-refractivity contribution is 0.0904. The highest BCUT2D eigenvalue weighted by Gasteiger charge is 2.24. The molecule has 1 amide bonds. The Kier molecular flexibility index (Phi) is 6.90. The smallest absolute Gasteiger partial charge is 0.265 e. The van der Waals surface area contributed by atoms with Crippen LogP contribution in [-0.4, -0.2) is 11.9 Å². The fraction of sp³-hybridized carbons (Fsp3) is 0.611. The highest BCUT2D eigenvalue weighted by atomic mass is 16.2. The molecule has 3 nitrogen and oxygen atoms in total. The Balaban J connectivity index is 2.59. The maximum atomic E-state index is 12.2. The van der Waals surface area contributed by atoms with Crippen LogP contribution in [0.3, 0.4) is 0 Å². The third-order valence-corrected chi connectivity index (χ3v) is 3.88. The number of hydrogen-bond donors (Lipinski definition) is 2. The molecule has 0 aliphatic carbocycles. The van der Waals surface area contributed by atoms with Gasteiger partial charge in [-0.1, -0.05) is 59.6 Å². The molecular formula is C18H30N2O. The van der Waals surface area contributed by atoms with Crippen molar-refractivity contribution in [2.75, 3.05) is 0 Å². The summed E-state index contributed by atoms with van der Waals surface area (Å²) < 4.78 is 0. The van der Waals surface area contributed by atoms with Crippen LogP contribution in [0, 0.1) is 5.41 Å². The first-order chi connectivity index (χ1) is 9.88. The molecule has 0 saturated heterocycles. The van der Waals surface area contributed by atoms with E-state index in [0.717, 1.165) is 19.3 Å². The Morgan fingerprint density at radius 3 is 2.24 bits per heavy atom. The number of carbonyl (C=O) groups is 1. The van der Waals surface area contributed by atoms with Crippen LogP contribution in [-0.2, 0) is 6.42 Å². The van der Waals surface area contributed by atoms with Gasteiger partial charge in [0.1, 0.15) is 0 Å². The second-order valence-corrected chi connectivity index (χ2v) is 6.71. The van der Waals surface area contributed by atoms with E-state index in [4.69, 9.17) is 0 Å². The molecule has 1 rings (SSSR count). The molecule has 2 N–H and O–H groups in total. The highest BCUT2D eigenvalue weighted by molar-refractivity contribution is 5.93. The number of hydrazine groups is 1. The van der Waals surface area contributed by atoms with Gasteiger partial charge in [-0.25, -0.2) is 5.43 Å². The summed E-state index contributed by atoms with van der Waals surface area (Å²) in [5.74, 6) is -0.0663. The SMILES string of the molecule is CCCCC(NNC(=O)c1ccc(CC)cc1)C(C)(C)C. The van der Waals surface area contributed by atoms with Gasteiger partial charge < -0.3 is 0 Å². The molecule has 0 aromatic heterocycles. The van der Waals surface area contributed by atoms with Crippen molar-refractivity contribution in [3.05, 3.63) is 35.4 Å². The van der Waals surface area contributed by atoms with Crippen LogP contribution in [0.1, 0.15) is 69.8 Å². The first kappa shape index (κ1) is 17.7. The van der Waals surface area contributed by atoms with Gasteiger partial charge in [-0.2, -0.15) is 0 Å². The molecule has 0 bridgehead atoms. The number of unbranched alkanes of at least 4 members (excludes halogenated alkanes) is 1. The van der Waals surface area contributed by atoms with Gasteiger partial charge in [0.05, 0.1) is 0 Å². The van der Waals surface area contributed by atoms with Crippen LogP contribution in [0.25, 0.3) is 0 Å². The minimum absolute atomic E-state index is 0.0663. The van der Waals surface area contributed by atoms with Crippen molar-refractivity contribution < 1.29 is 4.79 Å². The Labute approximate surface area is 129 Å². The monoisotopic (exact) mass is 290 g/mol. The van der Waals surface area contributed by atoms with E-state index < -0.39 is 0 Å². The first-order valence-electron chi connectivity index (χ1n) is 8.03. The van der Waals surface area contributed by atoms with E-state index in [1.807, 2.05) is 24.3 Å². The standard InChI is InChI=1S/C18H30N2O/c1-6-8-9-16(18(3,4)5)19-20-17(21)15-12-10-14(7-2)11-13-15/h10-13,16,19H,6-9H2,1-5H3,(H,20,21). The van der Waals surface area contributed by atoms with Gasteiger partial charge in [-0.15, -0.1) is 0 Å².